The Bertz CT molecular complexity index is 1040. The lowest BCUT2D eigenvalue weighted by atomic mass is 9.80. The molecular weight excluding hydrogens is 400 g/mol. The summed E-state index contributed by atoms with van der Waals surface area (Å²) in [6, 6.07) is 13.9. The zero-order valence-corrected chi connectivity index (χ0v) is 19.1. The number of fused-ring (bicyclic) bond motifs is 1. The molecule has 0 bridgehead atoms. The summed E-state index contributed by atoms with van der Waals surface area (Å²) in [5.74, 6) is 0.0273. The number of rotatable bonds is 3. The molecule has 2 fully saturated rings. The van der Waals surface area contributed by atoms with Crippen molar-refractivity contribution in [2.24, 2.45) is 0 Å². The Kier molecular flexibility index (Phi) is 5.30. The number of piperazine rings is 1. The molecule has 0 aliphatic carbocycles. The average Bonchev–Trinajstić information content (AvgIpc) is 3.19. The largest absolute Gasteiger partial charge is 0.384 e. The van der Waals surface area contributed by atoms with Gasteiger partial charge in [0.1, 0.15) is 5.54 Å². The lowest BCUT2D eigenvalue weighted by Crippen LogP contribution is -2.73. The molecule has 2 saturated heterocycles. The van der Waals surface area contributed by atoms with Crippen molar-refractivity contribution >= 4 is 23.2 Å². The summed E-state index contributed by atoms with van der Waals surface area (Å²) in [5.41, 5.74) is 4.40. The number of imide groups is 1. The van der Waals surface area contributed by atoms with Crippen LogP contribution in [0.3, 0.4) is 0 Å². The first-order chi connectivity index (χ1) is 15.4. The second kappa shape index (κ2) is 8.01. The maximum Gasteiger partial charge on any atom is 0.254 e. The molecule has 0 aromatic heterocycles. The van der Waals surface area contributed by atoms with Gasteiger partial charge in [0.05, 0.1) is 11.7 Å². The number of likely N-dealkylation sites (tertiary alicyclic amines) is 1. The Morgan fingerprint density at radius 2 is 1.69 bits per heavy atom. The first-order valence-electron chi connectivity index (χ1n) is 11.6. The van der Waals surface area contributed by atoms with E-state index in [1.54, 1.807) is 0 Å². The number of para-hydroxylation sites is 2. The van der Waals surface area contributed by atoms with Gasteiger partial charge in [0, 0.05) is 31.2 Å². The molecule has 1 spiro atoms. The number of carbonyl (C=O) groups is 2. The predicted molar refractivity (Wildman–Crippen MR) is 127 cm³/mol. The van der Waals surface area contributed by atoms with E-state index in [0.29, 0.717) is 19.3 Å². The highest BCUT2D eigenvalue weighted by molar-refractivity contribution is 6.22. The summed E-state index contributed by atoms with van der Waals surface area (Å²) in [7, 11) is 2.09. The fraction of sp³-hybridized carbons (Fsp3) is 0.462. The molecular formula is C26H32N4O2. The average molecular weight is 433 g/mol. The number of aryl methyl sites for hydroxylation is 2. The maximum atomic E-state index is 13.9. The molecule has 2 aromatic rings. The third-order valence-corrected chi connectivity index (χ3v) is 7.54. The predicted octanol–water partition coefficient (Wildman–Crippen LogP) is 3.20. The number of benzene rings is 2. The molecule has 1 unspecified atom stereocenters. The third-order valence-electron chi connectivity index (χ3n) is 7.54. The van der Waals surface area contributed by atoms with Crippen molar-refractivity contribution in [3.63, 3.8) is 0 Å². The molecule has 32 heavy (non-hydrogen) atoms. The van der Waals surface area contributed by atoms with Gasteiger partial charge in [-0.05, 0) is 62.9 Å². The Morgan fingerprint density at radius 1 is 1.00 bits per heavy atom. The Balaban J connectivity index is 1.52. The molecule has 168 valence electrons. The van der Waals surface area contributed by atoms with Crippen LogP contribution in [0.4, 0.5) is 11.4 Å². The van der Waals surface area contributed by atoms with Crippen molar-refractivity contribution in [1.82, 2.24) is 10.2 Å². The van der Waals surface area contributed by atoms with Gasteiger partial charge < -0.3 is 10.2 Å². The van der Waals surface area contributed by atoms with Crippen LogP contribution < -0.4 is 15.5 Å². The topological polar surface area (TPSA) is 64.7 Å². The van der Waals surface area contributed by atoms with Gasteiger partial charge in [-0.2, -0.15) is 0 Å². The Hall–Kier alpha value is -2.70. The number of nitrogens with one attached hydrogen (secondary N) is 2. The second-order valence-corrected chi connectivity index (χ2v) is 9.70. The molecule has 6 heteroatoms. The standard InChI is InChI=1S/C26H32N4O2/c1-17-7-6-8-18(2)23(17)30-24(31)22(15-19-16-27-21-10-5-4-9-20(19)21)28-26(25(30)32)11-13-29(3)14-12-26/h4-10,19,22,27-28H,11-16H2,1-3H3/t19?,22-/m0/s1. The normalized spacial score (nSPS) is 25.2. The first kappa shape index (κ1) is 21.2. The maximum absolute atomic E-state index is 13.9. The number of piperidine rings is 1. The molecule has 6 nitrogen and oxygen atoms in total. The van der Waals surface area contributed by atoms with Crippen LogP contribution in [0.25, 0.3) is 0 Å². The monoisotopic (exact) mass is 432 g/mol. The van der Waals surface area contributed by atoms with Gasteiger partial charge in [0.25, 0.3) is 11.8 Å². The molecule has 2 atom stereocenters. The van der Waals surface area contributed by atoms with Gasteiger partial charge in [0.2, 0.25) is 0 Å². The molecule has 3 aliphatic heterocycles. The van der Waals surface area contributed by atoms with Crippen molar-refractivity contribution in [3.05, 3.63) is 59.2 Å². The molecule has 0 saturated carbocycles. The minimum absolute atomic E-state index is 0.0887. The van der Waals surface area contributed by atoms with Crippen LogP contribution in [-0.4, -0.2) is 55.0 Å². The quantitative estimate of drug-likeness (QED) is 0.730. The van der Waals surface area contributed by atoms with E-state index in [1.165, 1.54) is 10.5 Å². The van der Waals surface area contributed by atoms with E-state index < -0.39 is 11.6 Å². The lowest BCUT2D eigenvalue weighted by molar-refractivity contribution is -0.138. The van der Waals surface area contributed by atoms with Crippen LogP contribution in [-0.2, 0) is 9.59 Å². The van der Waals surface area contributed by atoms with Gasteiger partial charge in [-0.3, -0.25) is 14.9 Å². The molecule has 3 aliphatic rings. The Morgan fingerprint density at radius 3 is 2.41 bits per heavy atom. The number of nitrogens with zero attached hydrogens (tertiary/aromatic N) is 2. The summed E-state index contributed by atoms with van der Waals surface area (Å²) in [6.45, 7) is 6.47. The van der Waals surface area contributed by atoms with E-state index >= 15 is 0 Å². The molecule has 2 N–H and O–H groups in total. The van der Waals surface area contributed by atoms with Gasteiger partial charge in [0.15, 0.2) is 0 Å². The lowest BCUT2D eigenvalue weighted by Gasteiger charge is -2.49. The van der Waals surface area contributed by atoms with E-state index in [2.05, 4.69) is 40.8 Å². The zero-order valence-electron chi connectivity index (χ0n) is 19.1. The summed E-state index contributed by atoms with van der Waals surface area (Å²) in [6.07, 6.45) is 2.11. The summed E-state index contributed by atoms with van der Waals surface area (Å²) in [4.78, 5) is 31.5. The van der Waals surface area contributed by atoms with Crippen molar-refractivity contribution < 1.29 is 9.59 Å². The number of amides is 2. The second-order valence-electron chi connectivity index (χ2n) is 9.70. The van der Waals surface area contributed by atoms with Crippen LogP contribution in [0.5, 0.6) is 0 Å². The van der Waals surface area contributed by atoms with Crippen LogP contribution in [0.1, 0.15) is 41.9 Å². The van der Waals surface area contributed by atoms with Crippen LogP contribution in [0.2, 0.25) is 0 Å². The van der Waals surface area contributed by atoms with Gasteiger partial charge in [-0.25, -0.2) is 4.90 Å². The van der Waals surface area contributed by atoms with Gasteiger partial charge >= 0.3 is 0 Å². The van der Waals surface area contributed by atoms with Crippen molar-refractivity contribution in [1.29, 1.82) is 0 Å². The molecule has 5 rings (SSSR count). The zero-order chi connectivity index (χ0) is 22.5. The van der Waals surface area contributed by atoms with E-state index in [0.717, 1.165) is 42.1 Å². The number of anilines is 2. The smallest absolute Gasteiger partial charge is 0.254 e. The van der Waals surface area contributed by atoms with E-state index in [4.69, 9.17) is 0 Å². The molecule has 0 radical (unpaired) electrons. The summed E-state index contributed by atoms with van der Waals surface area (Å²) in [5, 5.41) is 7.07. The molecule has 2 amide bonds. The van der Waals surface area contributed by atoms with Crippen molar-refractivity contribution in [2.75, 3.05) is 36.9 Å². The van der Waals surface area contributed by atoms with E-state index in [9.17, 15) is 9.59 Å². The molecule has 2 aromatic carbocycles. The fourth-order valence-corrected chi connectivity index (χ4v) is 5.67. The first-order valence-corrected chi connectivity index (χ1v) is 11.6. The van der Waals surface area contributed by atoms with Crippen LogP contribution >= 0.6 is 0 Å². The third kappa shape index (κ3) is 3.42. The van der Waals surface area contributed by atoms with E-state index in [-0.39, 0.29) is 17.7 Å². The fourth-order valence-electron chi connectivity index (χ4n) is 5.67. The highest BCUT2D eigenvalue weighted by Crippen LogP contribution is 2.39. The summed E-state index contributed by atoms with van der Waals surface area (Å²) >= 11 is 0. The minimum atomic E-state index is -0.689. The highest BCUT2D eigenvalue weighted by atomic mass is 16.2. The summed E-state index contributed by atoms with van der Waals surface area (Å²) < 4.78 is 0. The Labute approximate surface area is 190 Å². The van der Waals surface area contributed by atoms with Crippen LogP contribution in [0.15, 0.2) is 42.5 Å². The van der Waals surface area contributed by atoms with Gasteiger partial charge in [-0.15, -0.1) is 0 Å². The number of hydrogen-bond donors (Lipinski definition) is 2. The van der Waals surface area contributed by atoms with Gasteiger partial charge in [-0.1, -0.05) is 36.4 Å². The van der Waals surface area contributed by atoms with Crippen molar-refractivity contribution in [2.45, 2.75) is 50.6 Å². The van der Waals surface area contributed by atoms with Crippen LogP contribution in [0, 0.1) is 13.8 Å². The SMILES string of the molecule is Cc1cccc(C)c1N1C(=O)[C@H](CC2CNc3ccccc32)NC2(CCN(C)CC2)C1=O. The van der Waals surface area contributed by atoms with E-state index in [1.807, 2.05) is 38.1 Å². The number of hydrogen-bond acceptors (Lipinski definition) is 5. The number of carbonyl (C=O) groups excluding carboxylic acids is 2. The molecule has 3 heterocycles. The highest BCUT2D eigenvalue weighted by Gasteiger charge is 2.53. The van der Waals surface area contributed by atoms with Crippen molar-refractivity contribution in [3.8, 4) is 0 Å². The minimum Gasteiger partial charge on any atom is -0.384 e.